The Morgan fingerprint density at radius 1 is 1.48 bits per heavy atom. The summed E-state index contributed by atoms with van der Waals surface area (Å²) in [6.45, 7) is -1.29. The number of fused-ring (bicyclic) bond motifs is 1. The van der Waals surface area contributed by atoms with Crippen LogP contribution in [-0.4, -0.2) is 32.6 Å². The number of hydrogen-bond donors (Lipinski definition) is 1. The lowest BCUT2D eigenvalue weighted by molar-refractivity contribution is -0.141. The van der Waals surface area contributed by atoms with Gasteiger partial charge in [0.25, 0.3) is 0 Å². The van der Waals surface area contributed by atoms with E-state index in [2.05, 4.69) is 4.98 Å². The zero-order valence-corrected chi connectivity index (χ0v) is 11.2. The molecule has 9 heteroatoms. The fourth-order valence-corrected chi connectivity index (χ4v) is 2.47. The molecular weight excluding hydrogens is 307 g/mol. The van der Waals surface area contributed by atoms with Gasteiger partial charge < -0.3 is 9.67 Å². The highest BCUT2D eigenvalue weighted by atomic mass is 32.2. The number of benzene rings is 1. The number of thioether (sulfide) groups is 1. The highest BCUT2D eigenvalue weighted by molar-refractivity contribution is 7.99. The Labute approximate surface area is 121 Å². The molecule has 2 rings (SSSR count). The summed E-state index contributed by atoms with van der Waals surface area (Å²) in [6.07, 6.45) is -4.48. The van der Waals surface area contributed by atoms with E-state index in [1.54, 1.807) is 0 Å². The first-order valence-corrected chi connectivity index (χ1v) is 6.60. The second-order valence-corrected chi connectivity index (χ2v) is 5.04. The molecule has 5 nitrogen and oxygen atoms in total. The molecule has 0 aliphatic rings. The third kappa shape index (κ3) is 3.66. The molecule has 1 aromatic carbocycles. The lowest BCUT2D eigenvalue weighted by atomic mass is 10.2. The number of rotatable bonds is 4. The summed E-state index contributed by atoms with van der Waals surface area (Å²) >= 11 is 0.704. The van der Waals surface area contributed by atoms with Crippen LogP contribution >= 0.6 is 11.8 Å². The molecule has 1 heterocycles. The van der Waals surface area contributed by atoms with Crippen molar-refractivity contribution in [3.05, 3.63) is 23.8 Å². The summed E-state index contributed by atoms with van der Waals surface area (Å²) in [7, 11) is 0. The van der Waals surface area contributed by atoms with Crippen LogP contribution in [0.3, 0.4) is 0 Å². The minimum absolute atomic E-state index is 0.0418. The van der Waals surface area contributed by atoms with E-state index in [0.717, 1.165) is 4.57 Å². The highest BCUT2D eigenvalue weighted by Gasteiger charge is 2.30. The molecule has 0 bridgehead atoms. The van der Waals surface area contributed by atoms with E-state index in [0.29, 0.717) is 11.8 Å². The molecule has 21 heavy (non-hydrogen) atoms. The number of nitrogens with zero attached hydrogens (tertiary/aromatic N) is 3. The summed E-state index contributed by atoms with van der Waals surface area (Å²) in [5.41, 5.74) is 0.644. The van der Waals surface area contributed by atoms with Gasteiger partial charge in [-0.05, 0) is 18.2 Å². The normalized spacial score (nSPS) is 11.5. The first kappa shape index (κ1) is 15.2. The van der Waals surface area contributed by atoms with Gasteiger partial charge in [-0.15, -0.1) is 0 Å². The molecule has 0 saturated carbocycles. The van der Waals surface area contributed by atoms with Gasteiger partial charge in [-0.2, -0.15) is 18.4 Å². The van der Waals surface area contributed by atoms with E-state index in [-0.39, 0.29) is 21.8 Å². The van der Waals surface area contributed by atoms with Crippen LogP contribution in [0, 0.1) is 11.3 Å². The number of halogens is 3. The monoisotopic (exact) mass is 315 g/mol. The average Bonchev–Trinajstić information content (AvgIpc) is 2.72. The summed E-state index contributed by atoms with van der Waals surface area (Å²) in [4.78, 5) is 14.6. The maximum Gasteiger partial charge on any atom is 0.406 e. The Morgan fingerprint density at radius 2 is 2.19 bits per heavy atom. The maximum absolute atomic E-state index is 12.7. The zero-order valence-electron chi connectivity index (χ0n) is 10.4. The largest absolute Gasteiger partial charge is 0.481 e. The minimum Gasteiger partial charge on any atom is -0.481 e. The lowest BCUT2D eigenvalue weighted by Crippen LogP contribution is -2.18. The van der Waals surface area contributed by atoms with E-state index in [4.69, 9.17) is 10.4 Å². The number of carboxylic acids is 1. The number of aliphatic carboxylic acids is 1. The molecule has 0 atom stereocenters. The SMILES string of the molecule is N#Cc1ccc2nc(SCC(=O)O)n(CC(F)(F)F)c2c1. The Hall–Kier alpha value is -2.21. The maximum atomic E-state index is 12.7. The van der Waals surface area contributed by atoms with Gasteiger partial charge in [-0.1, -0.05) is 11.8 Å². The Morgan fingerprint density at radius 3 is 2.76 bits per heavy atom. The minimum atomic E-state index is -4.48. The van der Waals surface area contributed by atoms with Gasteiger partial charge in [0.05, 0.1) is 28.4 Å². The van der Waals surface area contributed by atoms with E-state index in [1.807, 2.05) is 6.07 Å². The Kier molecular flexibility index (Phi) is 4.09. The second-order valence-electron chi connectivity index (χ2n) is 4.09. The second kappa shape index (κ2) is 5.65. The van der Waals surface area contributed by atoms with E-state index >= 15 is 0 Å². The molecule has 1 N–H and O–H groups in total. The van der Waals surface area contributed by atoms with Crippen LogP contribution in [0.4, 0.5) is 13.2 Å². The lowest BCUT2D eigenvalue weighted by Gasteiger charge is -2.11. The number of aromatic nitrogens is 2. The molecule has 0 saturated heterocycles. The van der Waals surface area contributed by atoms with Crippen molar-refractivity contribution < 1.29 is 23.1 Å². The van der Waals surface area contributed by atoms with Gasteiger partial charge in [0.15, 0.2) is 5.16 Å². The summed E-state index contributed by atoms with van der Waals surface area (Å²) in [5, 5.41) is 17.4. The van der Waals surface area contributed by atoms with Crippen molar-refractivity contribution in [1.82, 2.24) is 9.55 Å². The van der Waals surface area contributed by atoms with Gasteiger partial charge in [0, 0.05) is 0 Å². The van der Waals surface area contributed by atoms with E-state index in [9.17, 15) is 18.0 Å². The molecule has 1 aromatic heterocycles. The first-order valence-electron chi connectivity index (χ1n) is 5.62. The van der Waals surface area contributed by atoms with Crippen LogP contribution in [0.1, 0.15) is 5.56 Å². The smallest absolute Gasteiger partial charge is 0.406 e. The standard InChI is InChI=1S/C12H8F3N3O2S/c13-12(14,15)6-18-9-3-7(4-16)1-2-8(9)17-11(18)21-5-10(19)20/h1-3H,5-6H2,(H,19,20). The Bertz CT molecular complexity index is 734. The summed E-state index contributed by atoms with van der Waals surface area (Å²) < 4.78 is 38.9. The van der Waals surface area contributed by atoms with Crippen LogP contribution < -0.4 is 0 Å². The quantitative estimate of drug-likeness (QED) is 0.878. The van der Waals surface area contributed by atoms with Gasteiger partial charge in [0.2, 0.25) is 0 Å². The number of nitriles is 1. The summed E-state index contributed by atoms with van der Waals surface area (Å²) in [6, 6.07) is 6.03. The molecule has 0 aliphatic heterocycles. The predicted octanol–water partition coefficient (Wildman–Crippen LogP) is 2.65. The number of imidazole rings is 1. The molecule has 0 fully saturated rings. The molecule has 0 amide bonds. The third-order valence-electron chi connectivity index (χ3n) is 2.50. The number of carbonyl (C=O) groups is 1. The molecule has 0 radical (unpaired) electrons. The number of carboxylic acid groups (broad SMARTS) is 1. The van der Waals surface area contributed by atoms with Gasteiger partial charge in [-0.3, -0.25) is 4.79 Å². The zero-order chi connectivity index (χ0) is 15.6. The van der Waals surface area contributed by atoms with Crippen LogP contribution in [-0.2, 0) is 11.3 Å². The fourth-order valence-electron chi connectivity index (χ4n) is 1.74. The molecule has 0 spiro atoms. The van der Waals surface area contributed by atoms with Crippen molar-refractivity contribution in [3.8, 4) is 6.07 Å². The fraction of sp³-hybridized carbons (Fsp3) is 0.250. The number of alkyl halides is 3. The van der Waals surface area contributed by atoms with Gasteiger partial charge in [0.1, 0.15) is 6.54 Å². The van der Waals surface area contributed by atoms with Crippen molar-refractivity contribution in [1.29, 1.82) is 5.26 Å². The van der Waals surface area contributed by atoms with Crippen molar-refractivity contribution in [2.75, 3.05) is 5.75 Å². The first-order chi connectivity index (χ1) is 9.80. The van der Waals surface area contributed by atoms with Crippen molar-refractivity contribution in [3.63, 3.8) is 0 Å². The third-order valence-corrected chi connectivity index (χ3v) is 3.47. The average molecular weight is 315 g/mol. The topological polar surface area (TPSA) is 78.9 Å². The van der Waals surface area contributed by atoms with Crippen LogP contribution in [0.25, 0.3) is 11.0 Å². The van der Waals surface area contributed by atoms with Crippen LogP contribution in [0.2, 0.25) is 0 Å². The Balaban J connectivity index is 2.53. The van der Waals surface area contributed by atoms with E-state index in [1.165, 1.54) is 18.2 Å². The van der Waals surface area contributed by atoms with Crippen LogP contribution in [0.15, 0.2) is 23.4 Å². The van der Waals surface area contributed by atoms with Crippen molar-refractivity contribution >= 4 is 28.8 Å². The number of hydrogen-bond acceptors (Lipinski definition) is 4. The van der Waals surface area contributed by atoms with Crippen LogP contribution in [0.5, 0.6) is 0 Å². The molecular formula is C12H8F3N3O2S. The van der Waals surface area contributed by atoms with Gasteiger partial charge >= 0.3 is 12.1 Å². The van der Waals surface area contributed by atoms with Crippen molar-refractivity contribution in [2.24, 2.45) is 0 Å². The molecule has 0 aliphatic carbocycles. The molecule has 0 unspecified atom stereocenters. The van der Waals surface area contributed by atoms with Crippen molar-refractivity contribution in [2.45, 2.75) is 17.9 Å². The van der Waals surface area contributed by atoms with E-state index < -0.39 is 24.4 Å². The molecule has 110 valence electrons. The summed E-state index contributed by atoms with van der Waals surface area (Å²) in [5.74, 6) is -1.55. The van der Waals surface area contributed by atoms with Gasteiger partial charge in [-0.25, -0.2) is 4.98 Å². The highest BCUT2D eigenvalue weighted by Crippen LogP contribution is 2.28. The molecule has 2 aromatic rings. The predicted molar refractivity (Wildman–Crippen MR) is 68.9 cm³/mol.